The van der Waals surface area contributed by atoms with Gasteiger partial charge in [-0.25, -0.2) is 0 Å². The smallest absolute Gasteiger partial charge is 0.325 e. The van der Waals surface area contributed by atoms with E-state index in [0.29, 0.717) is 0 Å². The number of esters is 1. The van der Waals surface area contributed by atoms with Crippen molar-refractivity contribution in [3.8, 4) is 0 Å². The lowest BCUT2D eigenvalue weighted by atomic mass is 10.0. The molecule has 0 amide bonds. The number of hydrogen-bond donors (Lipinski definition) is 1. The largest absolute Gasteiger partial charge is 0.465 e. The van der Waals surface area contributed by atoms with E-state index in [2.05, 4.69) is 0 Å². The summed E-state index contributed by atoms with van der Waals surface area (Å²) in [6, 6.07) is -0.889. The molecule has 0 aromatic heterocycles. The van der Waals surface area contributed by atoms with Gasteiger partial charge in [0.1, 0.15) is 18.2 Å². The maximum Gasteiger partial charge on any atom is 0.325 e. The number of ether oxygens (including phenoxy) is 4. The molecule has 1 fully saturated rings. The lowest BCUT2D eigenvalue weighted by molar-refractivity contribution is -0.166. The van der Waals surface area contributed by atoms with Crippen LogP contribution in [0.3, 0.4) is 0 Å². The van der Waals surface area contributed by atoms with Gasteiger partial charge in [-0.1, -0.05) is 0 Å². The van der Waals surface area contributed by atoms with Gasteiger partial charge in [-0.15, -0.1) is 0 Å². The van der Waals surface area contributed by atoms with Gasteiger partial charge in [0, 0.05) is 7.11 Å². The average Bonchev–Trinajstić information content (AvgIpc) is 2.53. The van der Waals surface area contributed by atoms with Gasteiger partial charge in [-0.05, 0) is 27.7 Å². The minimum Gasteiger partial charge on any atom is -0.465 e. The molecule has 0 spiro atoms. The normalized spacial score (nSPS) is 29.9. The predicted octanol–water partition coefficient (Wildman–Crippen LogP) is 0.432. The number of rotatable bonds is 5. The van der Waals surface area contributed by atoms with Gasteiger partial charge in [0.25, 0.3) is 0 Å². The fourth-order valence-electron chi connectivity index (χ4n) is 2.16. The molecular formula is C12H23NO5. The molecule has 1 saturated heterocycles. The van der Waals surface area contributed by atoms with Gasteiger partial charge in [-0.3, -0.25) is 4.79 Å². The fourth-order valence-corrected chi connectivity index (χ4v) is 2.16. The summed E-state index contributed by atoms with van der Waals surface area (Å²) in [5, 5.41) is 0. The Hall–Kier alpha value is -0.690. The van der Waals surface area contributed by atoms with E-state index in [-0.39, 0.29) is 12.7 Å². The van der Waals surface area contributed by atoms with E-state index in [4.69, 9.17) is 24.7 Å². The monoisotopic (exact) mass is 261 g/mol. The van der Waals surface area contributed by atoms with Gasteiger partial charge in [0.05, 0.1) is 12.7 Å². The zero-order chi connectivity index (χ0) is 13.9. The Morgan fingerprint density at radius 1 is 1.44 bits per heavy atom. The number of nitrogens with two attached hydrogens (primary N) is 1. The fraction of sp³-hybridized carbons (Fsp3) is 0.917. The van der Waals surface area contributed by atoms with Crippen LogP contribution in [0.15, 0.2) is 0 Å². The summed E-state index contributed by atoms with van der Waals surface area (Å²) in [5.74, 6) is -1.19. The van der Waals surface area contributed by atoms with Crippen LogP contribution in [-0.2, 0) is 23.7 Å². The topological polar surface area (TPSA) is 80.0 Å². The third kappa shape index (κ3) is 3.41. The zero-order valence-corrected chi connectivity index (χ0v) is 11.6. The first-order valence-electron chi connectivity index (χ1n) is 6.13. The summed E-state index contributed by atoms with van der Waals surface area (Å²) >= 11 is 0. The van der Waals surface area contributed by atoms with Crippen LogP contribution in [0.25, 0.3) is 0 Å². The molecule has 1 heterocycles. The summed E-state index contributed by atoms with van der Waals surface area (Å²) in [4.78, 5) is 11.6. The van der Waals surface area contributed by atoms with E-state index in [0.717, 1.165) is 0 Å². The number of methoxy groups -OCH3 is 1. The molecule has 0 saturated carbocycles. The molecule has 1 rings (SSSR count). The molecule has 0 aromatic rings. The zero-order valence-electron chi connectivity index (χ0n) is 11.6. The van der Waals surface area contributed by atoms with Crippen LogP contribution in [0, 0.1) is 0 Å². The Balaban J connectivity index is 2.74. The summed E-state index contributed by atoms with van der Waals surface area (Å²) < 4.78 is 21.5. The minimum atomic E-state index is -0.889. The number of carbonyl (C=O) groups is 1. The Morgan fingerprint density at radius 3 is 2.44 bits per heavy atom. The van der Waals surface area contributed by atoms with E-state index in [1.807, 2.05) is 20.8 Å². The van der Waals surface area contributed by atoms with Crippen molar-refractivity contribution in [1.29, 1.82) is 0 Å². The SMILES string of the molecule is CCOC(=O)[C@H](N)[C@@H](OC)[C@H]1OC(C)(C)O[C@@H]1C. The second-order valence-corrected chi connectivity index (χ2v) is 4.78. The molecule has 106 valence electrons. The Morgan fingerprint density at radius 2 is 2.06 bits per heavy atom. The number of hydrogen-bond acceptors (Lipinski definition) is 6. The van der Waals surface area contributed by atoms with Gasteiger partial charge in [0.15, 0.2) is 5.79 Å². The second kappa shape index (κ2) is 5.97. The van der Waals surface area contributed by atoms with E-state index >= 15 is 0 Å². The van der Waals surface area contributed by atoms with E-state index in [1.165, 1.54) is 7.11 Å². The Labute approximate surface area is 108 Å². The summed E-state index contributed by atoms with van der Waals surface area (Å²) in [6.45, 7) is 7.50. The van der Waals surface area contributed by atoms with Crippen molar-refractivity contribution in [2.75, 3.05) is 13.7 Å². The quantitative estimate of drug-likeness (QED) is 0.723. The third-order valence-electron chi connectivity index (χ3n) is 2.86. The molecule has 0 unspecified atom stereocenters. The van der Waals surface area contributed by atoms with Crippen LogP contribution >= 0.6 is 0 Å². The van der Waals surface area contributed by atoms with Gasteiger partial charge < -0.3 is 24.7 Å². The first kappa shape index (κ1) is 15.4. The van der Waals surface area contributed by atoms with E-state index in [9.17, 15) is 4.79 Å². The van der Waals surface area contributed by atoms with Crippen LogP contribution in [0.1, 0.15) is 27.7 Å². The molecule has 0 aliphatic carbocycles. The molecule has 6 heteroatoms. The predicted molar refractivity (Wildman–Crippen MR) is 64.9 cm³/mol. The molecule has 2 N–H and O–H groups in total. The standard InChI is InChI=1S/C12H23NO5/c1-6-16-11(14)8(13)10(15-5)9-7(2)17-12(3,4)18-9/h7-10H,6,13H2,1-5H3/t7-,8-,9+,10-/m1/s1. The molecular weight excluding hydrogens is 238 g/mol. The van der Waals surface area contributed by atoms with Crippen molar-refractivity contribution in [1.82, 2.24) is 0 Å². The van der Waals surface area contributed by atoms with Crippen molar-refractivity contribution in [3.05, 3.63) is 0 Å². The Kier molecular flexibility index (Phi) is 5.10. The van der Waals surface area contributed by atoms with Crippen molar-refractivity contribution in [2.24, 2.45) is 5.73 Å². The molecule has 0 bridgehead atoms. The highest BCUT2D eigenvalue weighted by Gasteiger charge is 2.46. The lowest BCUT2D eigenvalue weighted by Crippen LogP contribution is -2.52. The lowest BCUT2D eigenvalue weighted by Gasteiger charge is -2.27. The van der Waals surface area contributed by atoms with Gasteiger partial charge in [0.2, 0.25) is 0 Å². The van der Waals surface area contributed by atoms with E-state index < -0.39 is 30.0 Å². The average molecular weight is 261 g/mol. The highest BCUT2D eigenvalue weighted by atomic mass is 16.8. The van der Waals surface area contributed by atoms with Crippen molar-refractivity contribution >= 4 is 5.97 Å². The minimum absolute atomic E-state index is 0.203. The summed E-state index contributed by atoms with van der Waals surface area (Å²) in [6.07, 6.45) is -1.20. The number of carbonyl (C=O) groups excluding carboxylic acids is 1. The van der Waals surface area contributed by atoms with Crippen LogP contribution in [-0.4, -0.2) is 49.8 Å². The molecule has 4 atom stereocenters. The van der Waals surface area contributed by atoms with Crippen molar-refractivity contribution < 1.29 is 23.7 Å². The van der Waals surface area contributed by atoms with E-state index in [1.54, 1.807) is 6.92 Å². The summed E-state index contributed by atoms with van der Waals surface area (Å²) in [5.41, 5.74) is 5.85. The highest BCUT2D eigenvalue weighted by molar-refractivity contribution is 5.76. The molecule has 1 aliphatic rings. The first-order valence-corrected chi connectivity index (χ1v) is 6.13. The third-order valence-corrected chi connectivity index (χ3v) is 2.86. The second-order valence-electron chi connectivity index (χ2n) is 4.78. The van der Waals surface area contributed by atoms with Gasteiger partial charge in [-0.2, -0.15) is 0 Å². The first-order chi connectivity index (χ1) is 8.32. The molecule has 0 aromatic carbocycles. The van der Waals surface area contributed by atoms with Crippen molar-refractivity contribution in [3.63, 3.8) is 0 Å². The van der Waals surface area contributed by atoms with Crippen LogP contribution in [0.4, 0.5) is 0 Å². The maximum absolute atomic E-state index is 11.6. The summed E-state index contributed by atoms with van der Waals surface area (Å²) in [7, 11) is 1.49. The maximum atomic E-state index is 11.6. The van der Waals surface area contributed by atoms with Crippen LogP contribution in [0.2, 0.25) is 0 Å². The van der Waals surface area contributed by atoms with Gasteiger partial charge >= 0.3 is 5.97 Å². The van der Waals surface area contributed by atoms with Crippen molar-refractivity contribution in [2.45, 2.75) is 57.8 Å². The highest BCUT2D eigenvalue weighted by Crippen LogP contribution is 2.31. The molecule has 1 aliphatic heterocycles. The van der Waals surface area contributed by atoms with Crippen LogP contribution < -0.4 is 5.73 Å². The molecule has 18 heavy (non-hydrogen) atoms. The van der Waals surface area contributed by atoms with Crippen LogP contribution in [0.5, 0.6) is 0 Å². The molecule has 0 radical (unpaired) electrons. The molecule has 6 nitrogen and oxygen atoms in total. The Bertz CT molecular complexity index is 294.